The van der Waals surface area contributed by atoms with E-state index in [9.17, 15) is 8.42 Å². The van der Waals surface area contributed by atoms with E-state index in [4.69, 9.17) is 16.3 Å². The Labute approximate surface area is 141 Å². The maximum absolute atomic E-state index is 12.7. The van der Waals surface area contributed by atoms with E-state index in [1.165, 1.54) is 0 Å². The Balaban J connectivity index is 1.89. The molecule has 0 radical (unpaired) electrons. The number of benzene rings is 2. The van der Waals surface area contributed by atoms with Crippen LogP contribution >= 0.6 is 11.6 Å². The SMILES string of the molecule is COc1ccc(S(=O)(=O)NC2CCc3cc(Cl)ccc32)c(C)c1. The van der Waals surface area contributed by atoms with Gasteiger partial charge in [-0.05, 0) is 66.8 Å². The van der Waals surface area contributed by atoms with E-state index in [0.29, 0.717) is 16.3 Å². The van der Waals surface area contributed by atoms with Gasteiger partial charge in [0.05, 0.1) is 12.0 Å². The second-order valence-electron chi connectivity index (χ2n) is 5.69. The fourth-order valence-electron chi connectivity index (χ4n) is 3.01. The third kappa shape index (κ3) is 3.22. The van der Waals surface area contributed by atoms with Gasteiger partial charge in [-0.2, -0.15) is 0 Å². The van der Waals surface area contributed by atoms with Crippen molar-refractivity contribution in [3.63, 3.8) is 0 Å². The first kappa shape index (κ1) is 16.3. The topological polar surface area (TPSA) is 55.4 Å². The highest BCUT2D eigenvalue weighted by Gasteiger charge is 2.28. The summed E-state index contributed by atoms with van der Waals surface area (Å²) in [6, 6.07) is 10.3. The molecule has 1 N–H and O–H groups in total. The molecule has 2 aromatic carbocycles. The lowest BCUT2D eigenvalue weighted by Gasteiger charge is -2.16. The number of hydrogen-bond acceptors (Lipinski definition) is 3. The molecule has 1 aliphatic rings. The lowest BCUT2D eigenvalue weighted by Crippen LogP contribution is -2.28. The van der Waals surface area contributed by atoms with Crippen molar-refractivity contribution in [2.45, 2.75) is 30.7 Å². The van der Waals surface area contributed by atoms with Crippen molar-refractivity contribution in [1.82, 2.24) is 4.72 Å². The standard InChI is InChI=1S/C17H18ClNO3S/c1-11-9-14(22-2)5-8-17(11)23(20,21)19-16-7-3-12-10-13(18)4-6-15(12)16/h4-6,8-10,16,19H,3,7H2,1-2H3. The summed E-state index contributed by atoms with van der Waals surface area (Å²) in [6.45, 7) is 1.76. The van der Waals surface area contributed by atoms with Crippen LogP contribution in [0.3, 0.4) is 0 Å². The molecular formula is C17H18ClNO3S. The van der Waals surface area contributed by atoms with Crippen molar-refractivity contribution >= 4 is 21.6 Å². The van der Waals surface area contributed by atoms with Gasteiger partial charge in [-0.25, -0.2) is 13.1 Å². The van der Waals surface area contributed by atoms with E-state index in [2.05, 4.69) is 4.72 Å². The van der Waals surface area contributed by atoms with Gasteiger partial charge in [0.2, 0.25) is 10.0 Å². The van der Waals surface area contributed by atoms with Crippen LogP contribution in [0, 0.1) is 6.92 Å². The zero-order valence-electron chi connectivity index (χ0n) is 13.0. The van der Waals surface area contributed by atoms with Gasteiger partial charge in [-0.3, -0.25) is 0 Å². The average Bonchev–Trinajstić information content (AvgIpc) is 2.88. The van der Waals surface area contributed by atoms with Gasteiger partial charge in [-0.1, -0.05) is 17.7 Å². The number of halogens is 1. The van der Waals surface area contributed by atoms with Crippen LogP contribution in [0.2, 0.25) is 5.02 Å². The Morgan fingerprint density at radius 3 is 2.70 bits per heavy atom. The van der Waals surface area contributed by atoms with E-state index in [1.54, 1.807) is 38.3 Å². The van der Waals surface area contributed by atoms with Crippen LogP contribution in [-0.2, 0) is 16.4 Å². The third-order valence-corrected chi connectivity index (χ3v) is 6.02. The van der Waals surface area contributed by atoms with Gasteiger partial charge >= 0.3 is 0 Å². The number of methoxy groups -OCH3 is 1. The van der Waals surface area contributed by atoms with Crippen molar-refractivity contribution in [3.8, 4) is 5.75 Å². The van der Waals surface area contributed by atoms with Crippen LogP contribution in [-0.4, -0.2) is 15.5 Å². The maximum Gasteiger partial charge on any atom is 0.241 e. The highest BCUT2D eigenvalue weighted by Crippen LogP contribution is 2.34. The Morgan fingerprint density at radius 1 is 1.22 bits per heavy atom. The van der Waals surface area contributed by atoms with Crippen LogP contribution in [0.1, 0.15) is 29.2 Å². The van der Waals surface area contributed by atoms with Crippen LogP contribution in [0.4, 0.5) is 0 Å². The Kier molecular flexibility index (Phi) is 4.36. The average molecular weight is 352 g/mol. The second kappa shape index (κ2) is 6.15. The largest absolute Gasteiger partial charge is 0.497 e. The summed E-state index contributed by atoms with van der Waals surface area (Å²) in [4.78, 5) is 0.278. The molecular weight excluding hydrogens is 334 g/mol. The molecule has 3 rings (SSSR count). The minimum atomic E-state index is -3.59. The van der Waals surface area contributed by atoms with Crippen molar-refractivity contribution < 1.29 is 13.2 Å². The Bertz CT molecular complexity index is 849. The number of ether oxygens (including phenoxy) is 1. The van der Waals surface area contributed by atoms with Gasteiger partial charge in [-0.15, -0.1) is 0 Å². The van der Waals surface area contributed by atoms with E-state index in [0.717, 1.165) is 24.0 Å². The first-order chi connectivity index (χ1) is 10.9. The van der Waals surface area contributed by atoms with Crippen molar-refractivity contribution in [2.24, 2.45) is 0 Å². The third-order valence-electron chi connectivity index (χ3n) is 4.15. The lowest BCUT2D eigenvalue weighted by atomic mass is 10.1. The highest BCUT2D eigenvalue weighted by atomic mass is 35.5. The van der Waals surface area contributed by atoms with Crippen LogP contribution in [0.15, 0.2) is 41.3 Å². The van der Waals surface area contributed by atoms with Crippen molar-refractivity contribution in [2.75, 3.05) is 7.11 Å². The maximum atomic E-state index is 12.7. The summed E-state index contributed by atoms with van der Waals surface area (Å²) in [6.07, 6.45) is 1.56. The lowest BCUT2D eigenvalue weighted by molar-refractivity contribution is 0.414. The Morgan fingerprint density at radius 2 is 2.00 bits per heavy atom. The van der Waals surface area contributed by atoms with Crippen molar-refractivity contribution in [3.05, 3.63) is 58.1 Å². The molecule has 23 heavy (non-hydrogen) atoms. The number of hydrogen-bond donors (Lipinski definition) is 1. The number of nitrogens with one attached hydrogen (secondary N) is 1. The zero-order valence-corrected chi connectivity index (χ0v) is 14.5. The molecule has 0 saturated heterocycles. The molecule has 0 bridgehead atoms. The van der Waals surface area contributed by atoms with E-state index in [1.807, 2.05) is 12.1 Å². The fourth-order valence-corrected chi connectivity index (χ4v) is 4.68. The predicted molar refractivity (Wildman–Crippen MR) is 90.6 cm³/mol. The molecule has 0 spiro atoms. The van der Waals surface area contributed by atoms with Gasteiger partial charge in [0.15, 0.2) is 0 Å². The van der Waals surface area contributed by atoms with E-state index < -0.39 is 10.0 Å². The molecule has 0 saturated carbocycles. The molecule has 122 valence electrons. The summed E-state index contributed by atoms with van der Waals surface area (Å²) in [7, 11) is -2.03. The molecule has 0 amide bonds. The van der Waals surface area contributed by atoms with Gasteiger partial charge in [0, 0.05) is 11.1 Å². The molecule has 1 atom stereocenters. The summed E-state index contributed by atoms with van der Waals surface area (Å²) in [5.74, 6) is 0.641. The van der Waals surface area contributed by atoms with Crippen LogP contribution < -0.4 is 9.46 Å². The summed E-state index contributed by atoms with van der Waals surface area (Å²) in [5.41, 5.74) is 2.77. The van der Waals surface area contributed by atoms with E-state index in [-0.39, 0.29) is 10.9 Å². The smallest absolute Gasteiger partial charge is 0.241 e. The summed E-state index contributed by atoms with van der Waals surface area (Å²) >= 11 is 6.00. The quantitative estimate of drug-likeness (QED) is 0.915. The minimum absolute atomic E-state index is 0.214. The fraction of sp³-hybridized carbons (Fsp3) is 0.294. The molecule has 4 nitrogen and oxygen atoms in total. The number of sulfonamides is 1. The number of aryl methyl sites for hydroxylation is 2. The second-order valence-corrected chi connectivity index (χ2v) is 7.81. The molecule has 0 aromatic heterocycles. The number of fused-ring (bicyclic) bond motifs is 1. The predicted octanol–water partition coefficient (Wildman–Crippen LogP) is 3.62. The normalized spacial score (nSPS) is 17.1. The molecule has 0 aliphatic heterocycles. The Hall–Kier alpha value is -1.56. The molecule has 0 heterocycles. The monoisotopic (exact) mass is 351 g/mol. The summed E-state index contributed by atoms with van der Waals surface area (Å²) < 4.78 is 33.4. The van der Waals surface area contributed by atoms with Gasteiger partial charge in [0.1, 0.15) is 5.75 Å². The van der Waals surface area contributed by atoms with Gasteiger partial charge < -0.3 is 4.74 Å². The van der Waals surface area contributed by atoms with Crippen LogP contribution in [0.25, 0.3) is 0 Å². The number of rotatable bonds is 4. The minimum Gasteiger partial charge on any atom is -0.497 e. The summed E-state index contributed by atoms with van der Waals surface area (Å²) in [5, 5.41) is 0.679. The molecule has 2 aromatic rings. The molecule has 6 heteroatoms. The van der Waals surface area contributed by atoms with Gasteiger partial charge in [0.25, 0.3) is 0 Å². The first-order valence-corrected chi connectivity index (χ1v) is 9.22. The highest BCUT2D eigenvalue weighted by molar-refractivity contribution is 7.89. The zero-order chi connectivity index (χ0) is 16.6. The van der Waals surface area contributed by atoms with E-state index >= 15 is 0 Å². The van der Waals surface area contributed by atoms with Crippen molar-refractivity contribution in [1.29, 1.82) is 0 Å². The molecule has 0 fully saturated rings. The molecule has 1 unspecified atom stereocenters. The van der Waals surface area contributed by atoms with Crippen LogP contribution in [0.5, 0.6) is 5.75 Å². The first-order valence-electron chi connectivity index (χ1n) is 7.36. The molecule has 1 aliphatic carbocycles.